The van der Waals surface area contributed by atoms with Crippen LogP contribution in [-0.4, -0.2) is 62.9 Å². The van der Waals surface area contributed by atoms with E-state index in [0.29, 0.717) is 31.9 Å². The van der Waals surface area contributed by atoms with Gasteiger partial charge in [-0.2, -0.15) is 0 Å². The molecule has 0 aromatic heterocycles. The highest BCUT2D eigenvalue weighted by Crippen LogP contribution is 2.33. The Labute approximate surface area is 141 Å². The van der Waals surface area contributed by atoms with Crippen LogP contribution < -0.4 is 0 Å². The summed E-state index contributed by atoms with van der Waals surface area (Å²) in [6, 6.07) is 8.16. The van der Waals surface area contributed by atoms with Crippen LogP contribution in [0.5, 0.6) is 0 Å². The van der Waals surface area contributed by atoms with E-state index in [1.54, 1.807) is 30.3 Å². The maximum absolute atomic E-state index is 12.4. The van der Waals surface area contributed by atoms with Gasteiger partial charge >= 0.3 is 5.97 Å². The van der Waals surface area contributed by atoms with E-state index >= 15 is 0 Å². The molecule has 1 aliphatic rings. The Morgan fingerprint density at radius 3 is 2.29 bits per heavy atom. The van der Waals surface area contributed by atoms with Gasteiger partial charge in [-0.25, -0.2) is 8.42 Å². The van der Waals surface area contributed by atoms with Crippen molar-refractivity contribution in [2.45, 2.75) is 11.7 Å². The number of hydrogen-bond acceptors (Lipinski definition) is 5. The fraction of sp³-hybridized carbons (Fsp3) is 0.500. The summed E-state index contributed by atoms with van der Waals surface area (Å²) in [5.74, 6) is -3.00. The number of rotatable bonds is 6. The van der Waals surface area contributed by atoms with Gasteiger partial charge in [-0.3, -0.25) is 9.59 Å². The molecule has 0 spiro atoms. The highest BCUT2D eigenvalue weighted by Gasteiger charge is 2.39. The Kier molecular flexibility index (Phi) is 5.95. The summed E-state index contributed by atoms with van der Waals surface area (Å²) in [5.41, 5.74) is 0.377. The van der Waals surface area contributed by atoms with Gasteiger partial charge in [0, 0.05) is 25.8 Å². The number of carbonyl (C=O) groups excluding carboxylic acids is 1. The van der Waals surface area contributed by atoms with Gasteiger partial charge in [0.25, 0.3) is 0 Å². The summed E-state index contributed by atoms with van der Waals surface area (Å²) in [6.45, 7) is 1.58. The summed E-state index contributed by atoms with van der Waals surface area (Å²) in [4.78, 5) is 25.6. The van der Waals surface area contributed by atoms with E-state index in [1.807, 2.05) is 0 Å². The Bertz CT molecular complexity index is 682. The van der Waals surface area contributed by atoms with Crippen LogP contribution in [0.1, 0.15) is 17.2 Å². The lowest BCUT2D eigenvalue weighted by molar-refractivity contribution is -0.147. The largest absolute Gasteiger partial charge is 0.481 e. The Morgan fingerprint density at radius 2 is 1.79 bits per heavy atom. The number of sulfone groups is 1. The Hall–Kier alpha value is -1.93. The first kappa shape index (κ1) is 18.4. The van der Waals surface area contributed by atoms with Crippen molar-refractivity contribution in [2.75, 3.05) is 32.6 Å². The van der Waals surface area contributed by atoms with Crippen LogP contribution in [0.3, 0.4) is 0 Å². The smallest absolute Gasteiger partial charge is 0.308 e. The number of carboxylic acids is 1. The van der Waals surface area contributed by atoms with Crippen LogP contribution in [0.4, 0.5) is 0 Å². The van der Waals surface area contributed by atoms with Crippen molar-refractivity contribution >= 4 is 21.7 Å². The van der Waals surface area contributed by atoms with Crippen molar-refractivity contribution < 1.29 is 27.9 Å². The van der Waals surface area contributed by atoms with E-state index < -0.39 is 27.0 Å². The highest BCUT2D eigenvalue weighted by atomic mass is 32.2. The summed E-state index contributed by atoms with van der Waals surface area (Å²) >= 11 is 0. The molecule has 8 heteroatoms. The highest BCUT2D eigenvalue weighted by molar-refractivity contribution is 7.91. The van der Waals surface area contributed by atoms with Gasteiger partial charge < -0.3 is 14.7 Å². The van der Waals surface area contributed by atoms with Gasteiger partial charge in [-0.15, -0.1) is 0 Å². The average Bonchev–Trinajstić information content (AvgIpc) is 2.54. The summed E-state index contributed by atoms with van der Waals surface area (Å²) in [6.07, 6.45) is 0.641. The molecule has 2 atom stereocenters. The topological polar surface area (TPSA) is 101 Å². The lowest BCUT2D eigenvalue weighted by Gasteiger charge is -2.29. The molecule has 0 bridgehead atoms. The fourth-order valence-electron chi connectivity index (χ4n) is 2.87. The standard InChI is InChI=1S/C16H21NO6S/c1-24(21,22)15(12-5-3-2-4-6-12)13(16(19)20)11-14(18)17-7-9-23-10-8-17/h2-6,13,15H,7-11H2,1H3,(H,19,20). The van der Waals surface area contributed by atoms with Gasteiger partial charge in [0.05, 0.1) is 24.4 Å². The third-order valence-corrected chi connectivity index (χ3v) is 5.55. The second kappa shape index (κ2) is 7.76. The van der Waals surface area contributed by atoms with Gasteiger partial charge in [-0.1, -0.05) is 30.3 Å². The summed E-state index contributed by atoms with van der Waals surface area (Å²) in [7, 11) is -3.71. The summed E-state index contributed by atoms with van der Waals surface area (Å²) in [5, 5.41) is 8.29. The van der Waals surface area contributed by atoms with Gasteiger partial charge in [0.1, 0.15) is 0 Å². The third kappa shape index (κ3) is 4.55. The monoisotopic (exact) mass is 355 g/mol. The van der Waals surface area contributed by atoms with E-state index in [2.05, 4.69) is 0 Å². The van der Waals surface area contributed by atoms with Crippen molar-refractivity contribution in [3.8, 4) is 0 Å². The van der Waals surface area contributed by atoms with Gasteiger partial charge in [0.2, 0.25) is 5.91 Å². The van der Waals surface area contributed by atoms with E-state index in [1.165, 1.54) is 4.90 Å². The van der Waals surface area contributed by atoms with Crippen LogP contribution in [0, 0.1) is 5.92 Å². The van der Waals surface area contributed by atoms with Crippen molar-refractivity contribution in [1.29, 1.82) is 0 Å². The van der Waals surface area contributed by atoms with Crippen LogP contribution >= 0.6 is 0 Å². The lowest BCUT2D eigenvalue weighted by Crippen LogP contribution is -2.43. The minimum atomic E-state index is -3.71. The normalized spacial score (nSPS) is 18.0. The molecule has 2 unspecified atom stereocenters. The molecule has 1 aromatic rings. The number of nitrogens with zero attached hydrogens (tertiary/aromatic N) is 1. The minimum Gasteiger partial charge on any atom is -0.481 e. The SMILES string of the molecule is CS(=O)(=O)C(c1ccccc1)C(CC(=O)N1CCOCC1)C(=O)O. The molecule has 1 saturated heterocycles. The molecule has 1 aromatic carbocycles. The number of benzene rings is 1. The van der Waals surface area contributed by atoms with E-state index in [4.69, 9.17) is 4.74 Å². The Balaban J connectivity index is 2.29. The number of carbonyl (C=O) groups is 2. The molecule has 1 amide bonds. The number of morpholine rings is 1. The molecular formula is C16H21NO6S. The molecule has 7 nitrogen and oxygen atoms in total. The summed E-state index contributed by atoms with van der Waals surface area (Å²) < 4.78 is 29.6. The second-order valence-electron chi connectivity index (χ2n) is 5.80. The van der Waals surface area contributed by atoms with Gasteiger partial charge in [-0.05, 0) is 5.56 Å². The minimum absolute atomic E-state index is 0.359. The zero-order chi connectivity index (χ0) is 17.7. The number of amides is 1. The maximum atomic E-state index is 12.4. The second-order valence-corrected chi connectivity index (χ2v) is 7.97. The molecule has 1 fully saturated rings. The molecule has 1 aliphatic heterocycles. The number of aliphatic carboxylic acids is 1. The number of hydrogen-bond donors (Lipinski definition) is 1. The predicted molar refractivity (Wildman–Crippen MR) is 87.2 cm³/mol. The van der Waals surface area contributed by atoms with E-state index in [9.17, 15) is 23.1 Å². The number of carboxylic acid groups (broad SMARTS) is 1. The van der Waals surface area contributed by atoms with Crippen LogP contribution in [-0.2, 0) is 24.2 Å². The lowest BCUT2D eigenvalue weighted by atomic mass is 9.95. The predicted octanol–water partition coefficient (Wildman–Crippen LogP) is 0.722. The Morgan fingerprint density at radius 1 is 1.21 bits per heavy atom. The molecule has 0 aliphatic carbocycles. The maximum Gasteiger partial charge on any atom is 0.308 e. The molecular weight excluding hydrogens is 334 g/mol. The first-order chi connectivity index (χ1) is 11.3. The number of ether oxygens (including phenoxy) is 1. The first-order valence-corrected chi connectivity index (χ1v) is 9.58. The van der Waals surface area contributed by atoms with Crippen LogP contribution in [0.25, 0.3) is 0 Å². The van der Waals surface area contributed by atoms with Crippen molar-refractivity contribution in [3.05, 3.63) is 35.9 Å². The van der Waals surface area contributed by atoms with Crippen molar-refractivity contribution in [2.24, 2.45) is 5.92 Å². The van der Waals surface area contributed by atoms with E-state index in [-0.39, 0.29) is 12.3 Å². The fourth-order valence-corrected chi connectivity index (χ4v) is 4.34. The third-order valence-electron chi connectivity index (χ3n) is 4.03. The van der Waals surface area contributed by atoms with Crippen molar-refractivity contribution in [1.82, 2.24) is 4.90 Å². The molecule has 2 rings (SSSR count). The zero-order valence-electron chi connectivity index (χ0n) is 13.4. The average molecular weight is 355 g/mol. The van der Waals surface area contributed by atoms with Crippen molar-refractivity contribution in [3.63, 3.8) is 0 Å². The zero-order valence-corrected chi connectivity index (χ0v) is 14.2. The molecule has 24 heavy (non-hydrogen) atoms. The van der Waals surface area contributed by atoms with Gasteiger partial charge in [0.15, 0.2) is 9.84 Å². The molecule has 132 valence electrons. The molecule has 1 N–H and O–H groups in total. The van der Waals surface area contributed by atoms with Crippen LogP contribution in [0.2, 0.25) is 0 Å². The molecule has 0 saturated carbocycles. The van der Waals surface area contributed by atoms with Crippen LogP contribution in [0.15, 0.2) is 30.3 Å². The quantitative estimate of drug-likeness (QED) is 0.807. The molecule has 0 radical (unpaired) electrons. The molecule has 1 heterocycles. The van der Waals surface area contributed by atoms with E-state index in [0.717, 1.165) is 6.26 Å². The first-order valence-electron chi connectivity index (χ1n) is 7.63.